The number of hydrogen-bond acceptors (Lipinski definition) is 5. The van der Waals surface area contributed by atoms with Gasteiger partial charge in [-0.2, -0.15) is 0 Å². The lowest BCUT2D eigenvalue weighted by Gasteiger charge is -2.50. The summed E-state index contributed by atoms with van der Waals surface area (Å²) in [5.41, 5.74) is -0.00970. The first-order valence-electron chi connectivity index (χ1n) is 10.9. The van der Waals surface area contributed by atoms with Crippen LogP contribution in [0.25, 0.3) is 0 Å². The van der Waals surface area contributed by atoms with Crippen molar-refractivity contribution in [3.05, 3.63) is 30.1 Å². The second-order valence-corrected chi connectivity index (χ2v) is 8.90. The zero-order chi connectivity index (χ0) is 20.0. The van der Waals surface area contributed by atoms with E-state index < -0.39 is 0 Å². The molecule has 28 heavy (non-hydrogen) atoms. The number of carbonyl (C=O) groups is 1. The van der Waals surface area contributed by atoms with E-state index in [0.717, 1.165) is 65.0 Å². The first kappa shape index (κ1) is 21.4. The first-order chi connectivity index (χ1) is 13.5. The zero-order valence-electron chi connectivity index (χ0n) is 17.8. The number of ether oxygens (including phenoxy) is 2. The quantitative estimate of drug-likeness (QED) is 0.498. The summed E-state index contributed by atoms with van der Waals surface area (Å²) in [6.07, 6.45) is 6.54. The van der Waals surface area contributed by atoms with Gasteiger partial charge < -0.3 is 14.4 Å². The summed E-state index contributed by atoms with van der Waals surface area (Å²) < 4.78 is 11.5. The van der Waals surface area contributed by atoms with E-state index in [4.69, 9.17) is 9.47 Å². The highest BCUT2D eigenvalue weighted by Crippen LogP contribution is 2.49. The smallest absolute Gasteiger partial charge is 0.187 e. The molecule has 0 aromatic carbocycles. The van der Waals surface area contributed by atoms with Gasteiger partial charge in [0, 0.05) is 38.0 Å². The largest absolute Gasteiger partial charge is 0.382 e. The monoisotopic (exact) mass is 388 g/mol. The Morgan fingerprint density at radius 3 is 2.75 bits per heavy atom. The Labute approximate surface area is 169 Å². The normalized spacial score (nSPS) is 26.2. The molecule has 5 nitrogen and oxygen atoms in total. The SMILES string of the molecule is CCOCCCN1CCC([C@@]2(C(=O)c3ccccn3)CCOC(C)(C)C2)CC1. The van der Waals surface area contributed by atoms with E-state index in [9.17, 15) is 4.79 Å². The molecule has 5 heteroatoms. The van der Waals surface area contributed by atoms with Gasteiger partial charge in [-0.3, -0.25) is 9.78 Å². The van der Waals surface area contributed by atoms with Gasteiger partial charge in [0.1, 0.15) is 5.69 Å². The molecule has 2 fully saturated rings. The summed E-state index contributed by atoms with van der Waals surface area (Å²) in [7, 11) is 0. The van der Waals surface area contributed by atoms with Crippen molar-refractivity contribution < 1.29 is 14.3 Å². The lowest BCUT2D eigenvalue weighted by molar-refractivity contribution is -0.113. The lowest BCUT2D eigenvalue weighted by Crippen LogP contribution is -2.52. The van der Waals surface area contributed by atoms with Crippen molar-refractivity contribution in [2.45, 2.75) is 58.5 Å². The molecule has 2 aliphatic heterocycles. The van der Waals surface area contributed by atoms with Gasteiger partial charge in [-0.1, -0.05) is 6.07 Å². The first-order valence-corrected chi connectivity index (χ1v) is 10.9. The predicted molar refractivity (Wildman–Crippen MR) is 111 cm³/mol. The maximum atomic E-state index is 13.7. The molecule has 0 amide bonds. The fraction of sp³-hybridized carbons (Fsp3) is 0.739. The number of hydrogen-bond donors (Lipinski definition) is 0. The second kappa shape index (κ2) is 9.47. The van der Waals surface area contributed by atoms with Gasteiger partial charge in [-0.25, -0.2) is 0 Å². The highest BCUT2D eigenvalue weighted by atomic mass is 16.5. The van der Waals surface area contributed by atoms with Gasteiger partial charge in [0.15, 0.2) is 5.78 Å². The molecule has 2 saturated heterocycles. The molecule has 3 heterocycles. The van der Waals surface area contributed by atoms with E-state index in [0.29, 0.717) is 18.2 Å². The lowest BCUT2D eigenvalue weighted by atomic mass is 9.60. The van der Waals surface area contributed by atoms with Crippen molar-refractivity contribution in [2.24, 2.45) is 11.3 Å². The third kappa shape index (κ3) is 5.00. The summed E-state index contributed by atoms with van der Waals surface area (Å²) in [6.45, 7) is 11.8. The van der Waals surface area contributed by atoms with Gasteiger partial charge in [0.05, 0.1) is 5.60 Å². The molecule has 0 N–H and O–H groups in total. The van der Waals surface area contributed by atoms with Gasteiger partial charge in [0.25, 0.3) is 0 Å². The molecule has 0 bridgehead atoms. The Bertz CT molecular complexity index is 626. The summed E-state index contributed by atoms with van der Waals surface area (Å²) in [5.74, 6) is 0.618. The fourth-order valence-electron chi connectivity index (χ4n) is 5.13. The van der Waals surface area contributed by atoms with Crippen LogP contribution in [0.3, 0.4) is 0 Å². The molecule has 0 aliphatic carbocycles. The van der Waals surface area contributed by atoms with Gasteiger partial charge in [-0.15, -0.1) is 0 Å². The maximum Gasteiger partial charge on any atom is 0.187 e. The molecule has 3 rings (SSSR count). The molecule has 1 aromatic heterocycles. The average molecular weight is 389 g/mol. The Morgan fingerprint density at radius 1 is 1.32 bits per heavy atom. The van der Waals surface area contributed by atoms with E-state index in [2.05, 4.69) is 23.7 Å². The van der Waals surface area contributed by atoms with Crippen molar-refractivity contribution in [2.75, 3.05) is 39.5 Å². The number of aromatic nitrogens is 1. The van der Waals surface area contributed by atoms with Crippen LogP contribution in [0.2, 0.25) is 0 Å². The molecule has 1 aromatic rings. The number of ketones is 1. The summed E-state index contributed by atoms with van der Waals surface area (Å²) >= 11 is 0. The maximum absolute atomic E-state index is 13.7. The van der Waals surface area contributed by atoms with Crippen molar-refractivity contribution in [1.82, 2.24) is 9.88 Å². The number of piperidine rings is 1. The number of carbonyl (C=O) groups excluding carboxylic acids is 1. The third-order valence-electron chi connectivity index (χ3n) is 6.47. The average Bonchev–Trinajstić information content (AvgIpc) is 2.71. The van der Waals surface area contributed by atoms with Crippen molar-refractivity contribution >= 4 is 5.78 Å². The zero-order valence-corrected chi connectivity index (χ0v) is 17.8. The summed E-state index contributed by atoms with van der Waals surface area (Å²) in [5, 5.41) is 0. The van der Waals surface area contributed by atoms with Gasteiger partial charge >= 0.3 is 0 Å². The van der Waals surface area contributed by atoms with Crippen LogP contribution in [0.1, 0.15) is 63.4 Å². The standard InChI is InChI=1S/C23H36N2O3/c1-4-27-16-7-13-25-14-9-19(10-15-25)23(11-17-28-22(2,3)18-23)21(26)20-8-5-6-12-24-20/h5-6,8,12,19H,4,7,9-11,13-18H2,1-3H3/t23-/m1/s1. The minimum absolute atomic E-state index is 0.222. The second-order valence-electron chi connectivity index (χ2n) is 8.90. The molecule has 0 unspecified atom stereocenters. The van der Waals surface area contributed by atoms with Crippen molar-refractivity contribution in [1.29, 1.82) is 0 Å². The van der Waals surface area contributed by atoms with Crippen LogP contribution in [-0.4, -0.2) is 60.7 Å². The molecule has 0 spiro atoms. The van der Waals surface area contributed by atoms with E-state index in [1.54, 1.807) is 6.20 Å². The molecule has 0 saturated carbocycles. The molecule has 1 atom stereocenters. The van der Waals surface area contributed by atoms with Crippen LogP contribution in [0, 0.1) is 11.3 Å². The van der Waals surface area contributed by atoms with E-state index in [-0.39, 0.29) is 16.8 Å². The molecular formula is C23H36N2O3. The van der Waals surface area contributed by atoms with Crippen LogP contribution in [0.15, 0.2) is 24.4 Å². The Hall–Kier alpha value is -1.30. The van der Waals surface area contributed by atoms with E-state index in [1.165, 1.54) is 0 Å². The number of likely N-dealkylation sites (tertiary alicyclic amines) is 1. The number of pyridine rings is 1. The molecule has 0 radical (unpaired) electrons. The number of rotatable bonds is 8. The van der Waals surface area contributed by atoms with E-state index >= 15 is 0 Å². The van der Waals surface area contributed by atoms with Crippen LogP contribution < -0.4 is 0 Å². The fourth-order valence-corrected chi connectivity index (χ4v) is 5.13. The highest BCUT2D eigenvalue weighted by Gasteiger charge is 2.52. The van der Waals surface area contributed by atoms with Gasteiger partial charge in [0.2, 0.25) is 0 Å². The number of nitrogens with zero attached hydrogens (tertiary/aromatic N) is 2. The third-order valence-corrected chi connectivity index (χ3v) is 6.47. The van der Waals surface area contributed by atoms with Crippen LogP contribution in [-0.2, 0) is 9.47 Å². The van der Waals surface area contributed by atoms with Crippen molar-refractivity contribution in [3.8, 4) is 0 Å². The highest BCUT2D eigenvalue weighted by molar-refractivity contribution is 5.99. The molecular weight excluding hydrogens is 352 g/mol. The van der Waals surface area contributed by atoms with E-state index in [1.807, 2.05) is 25.1 Å². The van der Waals surface area contributed by atoms with Crippen LogP contribution >= 0.6 is 0 Å². The summed E-state index contributed by atoms with van der Waals surface area (Å²) in [4.78, 5) is 20.6. The minimum atomic E-state index is -0.354. The van der Waals surface area contributed by atoms with Crippen LogP contribution in [0.5, 0.6) is 0 Å². The molecule has 156 valence electrons. The van der Waals surface area contributed by atoms with Crippen molar-refractivity contribution in [3.63, 3.8) is 0 Å². The number of Topliss-reactive ketones (excluding diaryl/α,β-unsaturated/α-hetero) is 1. The minimum Gasteiger partial charge on any atom is -0.382 e. The molecule has 2 aliphatic rings. The Balaban J connectivity index is 1.71. The Morgan fingerprint density at radius 2 is 2.11 bits per heavy atom. The predicted octanol–water partition coefficient (Wildman–Crippen LogP) is 3.98. The topological polar surface area (TPSA) is 51.7 Å². The van der Waals surface area contributed by atoms with Gasteiger partial charge in [-0.05, 0) is 84.0 Å². The summed E-state index contributed by atoms with van der Waals surface area (Å²) in [6, 6.07) is 5.66. The van der Waals surface area contributed by atoms with Crippen LogP contribution in [0.4, 0.5) is 0 Å². The Kier molecular flexibility index (Phi) is 7.24.